The van der Waals surface area contributed by atoms with Gasteiger partial charge in [0, 0.05) is 29.2 Å². The van der Waals surface area contributed by atoms with E-state index in [1.54, 1.807) is 6.08 Å². The van der Waals surface area contributed by atoms with Crippen LogP contribution in [-0.4, -0.2) is 23.6 Å². The molecule has 1 aliphatic heterocycles. The predicted molar refractivity (Wildman–Crippen MR) is 133 cm³/mol. The number of aliphatic carboxylic acids is 1. The lowest BCUT2D eigenvalue weighted by Crippen LogP contribution is -2.21. The number of carboxylic acids is 1. The molecular weight excluding hydrogens is 414 g/mol. The minimum Gasteiger partial charge on any atom is -0.492 e. The minimum atomic E-state index is -0.887. The van der Waals surface area contributed by atoms with Crippen molar-refractivity contribution < 1.29 is 19.4 Å². The normalized spacial score (nSPS) is 15.7. The summed E-state index contributed by atoms with van der Waals surface area (Å²) in [5.41, 5.74) is 7.40. The van der Waals surface area contributed by atoms with E-state index in [-0.39, 0.29) is 17.2 Å². The molecule has 2 aromatic carbocycles. The molecule has 0 saturated carbocycles. The Morgan fingerprint density at radius 2 is 1.73 bits per heavy atom. The van der Waals surface area contributed by atoms with Crippen LogP contribution in [0.2, 0.25) is 0 Å². The van der Waals surface area contributed by atoms with Crippen molar-refractivity contribution in [1.29, 1.82) is 0 Å². The van der Waals surface area contributed by atoms with E-state index in [2.05, 4.69) is 33.0 Å². The topological polar surface area (TPSA) is 75.6 Å². The van der Waals surface area contributed by atoms with E-state index in [1.165, 1.54) is 0 Å². The number of ether oxygens (including phenoxy) is 1. The van der Waals surface area contributed by atoms with Crippen molar-refractivity contribution in [3.05, 3.63) is 63.2 Å². The molecule has 1 heterocycles. The Morgan fingerprint density at radius 1 is 1.09 bits per heavy atom. The number of hydrogen-bond donors (Lipinski definition) is 2. The Labute approximate surface area is 196 Å². The fourth-order valence-electron chi connectivity index (χ4n) is 4.46. The lowest BCUT2D eigenvalue weighted by Gasteiger charge is -2.22. The molecule has 1 amide bonds. The van der Waals surface area contributed by atoms with Gasteiger partial charge in [0.1, 0.15) is 5.75 Å². The third-order valence-electron chi connectivity index (χ3n) is 6.34. The van der Waals surface area contributed by atoms with Crippen molar-refractivity contribution in [3.8, 4) is 5.75 Å². The summed E-state index contributed by atoms with van der Waals surface area (Å²) in [6, 6.07) is 7.98. The first-order valence-corrected chi connectivity index (χ1v) is 11.5. The second-order valence-corrected chi connectivity index (χ2v) is 10.1. The van der Waals surface area contributed by atoms with E-state index in [9.17, 15) is 14.7 Å². The standard InChI is InChI=1S/C28H35NO4/c1-8-20(27(31)32)13-19-9-11-21(12-10-19)22-15-33-26-17(3)16(2)25(18(4)24(22)26)29-23(30)14-28(5,6)7/h9-13,22H,8,14-15H2,1-7H3,(H,29,30)(H,31,32)/b20-13+. The van der Waals surface area contributed by atoms with Crippen LogP contribution < -0.4 is 10.1 Å². The van der Waals surface area contributed by atoms with E-state index in [0.717, 1.165) is 44.8 Å². The van der Waals surface area contributed by atoms with Gasteiger partial charge in [0.2, 0.25) is 5.91 Å². The van der Waals surface area contributed by atoms with Gasteiger partial charge in [0.15, 0.2) is 0 Å². The van der Waals surface area contributed by atoms with Crippen LogP contribution in [0.3, 0.4) is 0 Å². The molecule has 0 radical (unpaired) electrons. The molecule has 1 aliphatic rings. The maximum atomic E-state index is 12.7. The maximum absolute atomic E-state index is 12.7. The number of carbonyl (C=O) groups excluding carboxylic acids is 1. The lowest BCUT2D eigenvalue weighted by atomic mass is 9.86. The molecule has 33 heavy (non-hydrogen) atoms. The van der Waals surface area contributed by atoms with Gasteiger partial charge in [-0.2, -0.15) is 0 Å². The lowest BCUT2D eigenvalue weighted by molar-refractivity contribution is -0.132. The number of anilines is 1. The van der Waals surface area contributed by atoms with Crippen molar-refractivity contribution in [1.82, 2.24) is 0 Å². The molecule has 176 valence electrons. The molecule has 2 N–H and O–H groups in total. The zero-order valence-corrected chi connectivity index (χ0v) is 20.8. The van der Waals surface area contributed by atoms with Gasteiger partial charge in [0.05, 0.1) is 6.61 Å². The summed E-state index contributed by atoms with van der Waals surface area (Å²) in [6.07, 6.45) is 2.64. The van der Waals surface area contributed by atoms with Crippen molar-refractivity contribution in [2.75, 3.05) is 11.9 Å². The summed E-state index contributed by atoms with van der Waals surface area (Å²) in [6.45, 7) is 14.7. The zero-order valence-electron chi connectivity index (χ0n) is 20.8. The summed E-state index contributed by atoms with van der Waals surface area (Å²) >= 11 is 0. The molecule has 3 rings (SSSR count). The van der Waals surface area contributed by atoms with E-state index >= 15 is 0 Å². The van der Waals surface area contributed by atoms with Gasteiger partial charge < -0.3 is 15.2 Å². The van der Waals surface area contributed by atoms with Crippen LogP contribution in [0.15, 0.2) is 29.8 Å². The molecule has 0 aromatic heterocycles. The monoisotopic (exact) mass is 449 g/mol. The molecule has 1 atom stereocenters. The Hall–Kier alpha value is -3.08. The number of benzene rings is 2. The highest BCUT2D eigenvalue weighted by molar-refractivity contribution is 5.94. The maximum Gasteiger partial charge on any atom is 0.331 e. The van der Waals surface area contributed by atoms with Crippen LogP contribution in [0.5, 0.6) is 5.75 Å². The van der Waals surface area contributed by atoms with Gasteiger partial charge in [-0.1, -0.05) is 52.0 Å². The SMILES string of the molecule is CC/C(=C\c1ccc(C2COc3c(C)c(C)c(NC(=O)CC(C)(C)C)c(C)c32)cc1)C(=O)O. The Morgan fingerprint density at radius 3 is 2.27 bits per heavy atom. The van der Waals surface area contributed by atoms with Crippen molar-refractivity contribution >= 4 is 23.6 Å². The molecule has 1 unspecified atom stereocenters. The smallest absolute Gasteiger partial charge is 0.331 e. The van der Waals surface area contributed by atoms with Gasteiger partial charge in [-0.3, -0.25) is 4.79 Å². The third-order valence-corrected chi connectivity index (χ3v) is 6.34. The number of carbonyl (C=O) groups is 2. The van der Waals surface area contributed by atoms with Gasteiger partial charge in [-0.05, 0) is 66.5 Å². The molecule has 0 saturated heterocycles. The van der Waals surface area contributed by atoms with Crippen LogP contribution >= 0.6 is 0 Å². The van der Waals surface area contributed by atoms with Crippen LogP contribution in [0.1, 0.15) is 79.8 Å². The summed E-state index contributed by atoms with van der Waals surface area (Å²) < 4.78 is 6.14. The Kier molecular flexibility index (Phi) is 7.01. The zero-order chi connectivity index (χ0) is 24.5. The molecule has 5 heteroatoms. The quantitative estimate of drug-likeness (QED) is 0.501. The molecule has 0 bridgehead atoms. The fraction of sp³-hybridized carbons (Fsp3) is 0.429. The molecular formula is C28H35NO4. The highest BCUT2D eigenvalue weighted by atomic mass is 16.5. The number of carboxylic acid groups (broad SMARTS) is 1. The number of rotatable bonds is 6. The van der Waals surface area contributed by atoms with E-state index in [0.29, 0.717) is 25.0 Å². The second-order valence-electron chi connectivity index (χ2n) is 10.1. The Balaban J connectivity index is 1.97. The van der Waals surface area contributed by atoms with Crippen LogP contribution in [-0.2, 0) is 9.59 Å². The fourth-order valence-corrected chi connectivity index (χ4v) is 4.46. The third kappa shape index (κ3) is 5.29. The van der Waals surface area contributed by atoms with Crippen molar-refractivity contribution in [3.63, 3.8) is 0 Å². The number of hydrogen-bond acceptors (Lipinski definition) is 3. The largest absolute Gasteiger partial charge is 0.492 e. The van der Waals surface area contributed by atoms with Crippen molar-refractivity contribution in [2.24, 2.45) is 5.41 Å². The molecule has 2 aromatic rings. The summed E-state index contributed by atoms with van der Waals surface area (Å²) in [7, 11) is 0. The number of fused-ring (bicyclic) bond motifs is 1. The van der Waals surface area contributed by atoms with Crippen LogP contribution in [0.25, 0.3) is 6.08 Å². The second kappa shape index (κ2) is 9.42. The summed E-state index contributed by atoms with van der Waals surface area (Å²) in [4.78, 5) is 24.0. The molecule has 0 fully saturated rings. The average Bonchev–Trinajstić information content (AvgIpc) is 3.18. The van der Waals surface area contributed by atoms with Crippen molar-refractivity contribution in [2.45, 2.75) is 67.2 Å². The molecule has 5 nitrogen and oxygen atoms in total. The van der Waals surface area contributed by atoms with E-state index in [1.807, 2.05) is 45.0 Å². The van der Waals surface area contributed by atoms with E-state index in [4.69, 9.17) is 4.74 Å². The van der Waals surface area contributed by atoms with Gasteiger partial charge in [0.25, 0.3) is 0 Å². The predicted octanol–water partition coefficient (Wildman–Crippen LogP) is 6.39. The first-order chi connectivity index (χ1) is 15.4. The summed E-state index contributed by atoms with van der Waals surface area (Å²) in [5.74, 6) is 0.0969. The van der Waals surface area contributed by atoms with E-state index < -0.39 is 5.97 Å². The average molecular weight is 450 g/mol. The van der Waals surface area contributed by atoms with Gasteiger partial charge in [-0.25, -0.2) is 4.79 Å². The van der Waals surface area contributed by atoms with Crippen LogP contribution in [0.4, 0.5) is 5.69 Å². The number of amides is 1. The first-order valence-electron chi connectivity index (χ1n) is 11.5. The van der Waals surface area contributed by atoms with Gasteiger partial charge >= 0.3 is 5.97 Å². The minimum absolute atomic E-state index is 0.0183. The highest BCUT2D eigenvalue weighted by Gasteiger charge is 2.32. The molecule has 0 aliphatic carbocycles. The molecule has 0 spiro atoms. The van der Waals surface area contributed by atoms with Gasteiger partial charge in [-0.15, -0.1) is 0 Å². The highest BCUT2D eigenvalue weighted by Crippen LogP contribution is 2.47. The first kappa shape index (κ1) is 24.6. The summed E-state index contributed by atoms with van der Waals surface area (Å²) in [5, 5.41) is 12.5. The number of nitrogens with one attached hydrogen (secondary N) is 1. The van der Waals surface area contributed by atoms with Crippen LogP contribution in [0, 0.1) is 26.2 Å². The Bertz CT molecular complexity index is 1100.